The molecule has 0 aliphatic carbocycles. The predicted molar refractivity (Wildman–Crippen MR) is 149 cm³/mol. The van der Waals surface area contributed by atoms with Crippen molar-refractivity contribution in [3.05, 3.63) is 89.5 Å². The number of imidazole rings is 1. The minimum absolute atomic E-state index is 0.216. The number of hydrogen-bond donors (Lipinski definition) is 2. The second kappa shape index (κ2) is 11.4. The van der Waals surface area contributed by atoms with Gasteiger partial charge in [0.05, 0.1) is 16.7 Å². The smallest absolute Gasteiger partial charge is 0.271 e. The highest BCUT2D eigenvalue weighted by atomic mass is 32.2. The molecule has 1 aliphatic rings. The maximum absolute atomic E-state index is 12.6. The number of amides is 1. The number of nitrogens with zero attached hydrogens (tertiary/aromatic N) is 3. The first-order valence-electron chi connectivity index (χ1n) is 12.5. The number of anilines is 1. The summed E-state index contributed by atoms with van der Waals surface area (Å²) in [5.41, 5.74) is 9.46. The number of H-pyrrole nitrogens is 1. The Hall–Kier alpha value is -3.58. The summed E-state index contributed by atoms with van der Waals surface area (Å²) in [4.78, 5) is 23.0. The van der Waals surface area contributed by atoms with Crippen molar-refractivity contribution in [1.29, 1.82) is 0 Å². The molecule has 7 heteroatoms. The Morgan fingerprint density at radius 3 is 2.36 bits per heavy atom. The summed E-state index contributed by atoms with van der Waals surface area (Å²) >= 11 is 1.64. The van der Waals surface area contributed by atoms with Crippen molar-refractivity contribution in [2.75, 3.05) is 18.0 Å². The van der Waals surface area contributed by atoms with Gasteiger partial charge in [0, 0.05) is 30.1 Å². The lowest BCUT2D eigenvalue weighted by molar-refractivity contribution is 0.0955. The van der Waals surface area contributed by atoms with Crippen LogP contribution < -0.4 is 10.3 Å². The standard InChI is InChI=1S/C29H31N5OS/c1-21(23-14-16-25(17-15-23)34-18-6-2-3-7-19-34)32-33-28(35)24-12-10-22(11-13-24)20-36-29-30-26-8-4-5-9-27(26)31-29/h4-5,8-17H,2-3,6-7,18-20H2,1H3,(H,30,31)(H,33,35). The first-order chi connectivity index (χ1) is 17.7. The van der Waals surface area contributed by atoms with Gasteiger partial charge in [0.25, 0.3) is 5.91 Å². The minimum atomic E-state index is -0.216. The summed E-state index contributed by atoms with van der Waals surface area (Å²) in [5.74, 6) is 0.555. The van der Waals surface area contributed by atoms with Gasteiger partial charge in [-0.1, -0.05) is 61.0 Å². The van der Waals surface area contributed by atoms with Crippen LogP contribution in [0, 0.1) is 0 Å². The van der Waals surface area contributed by atoms with Gasteiger partial charge in [-0.25, -0.2) is 10.4 Å². The molecule has 0 saturated carbocycles. The summed E-state index contributed by atoms with van der Waals surface area (Å²) in [6.07, 6.45) is 5.17. The summed E-state index contributed by atoms with van der Waals surface area (Å²) in [5, 5.41) is 5.23. The largest absolute Gasteiger partial charge is 0.372 e. The highest BCUT2D eigenvalue weighted by Gasteiger charge is 2.11. The van der Waals surface area contributed by atoms with E-state index in [0.717, 1.165) is 51.9 Å². The van der Waals surface area contributed by atoms with E-state index in [-0.39, 0.29) is 5.91 Å². The van der Waals surface area contributed by atoms with E-state index in [2.05, 4.69) is 49.7 Å². The molecule has 0 unspecified atom stereocenters. The predicted octanol–water partition coefficient (Wildman–Crippen LogP) is 6.39. The molecule has 5 rings (SSSR count). The molecule has 36 heavy (non-hydrogen) atoms. The van der Waals surface area contributed by atoms with Crippen LogP contribution in [0.1, 0.15) is 54.1 Å². The van der Waals surface area contributed by atoms with Crippen LogP contribution in [-0.4, -0.2) is 34.7 Å². The maximum atomic E-state index is 12.6. The molecule has 4 aromatic rings. The number of aromatic nitrogens is 2. The van der Waals surface area contributed by atoms with E-state index in [9.17, 15) is 4.79 Å². The van der Waals surface area contributed by atoms with E-state index in [0.29, 0.717) is 5.56 Å². The molecule has 0 bridgehead atoms. The number of rotatable bonds is 7. The van der Waals surface area contributed by atoms with Crippen LogP contribution >= 0.6 is 11.8 Å². The number of carbonyl (C=O) groups excluding carboxylic acids is 1. The summed E-state index contributed by atoms with van der Waals surface area (Å²) in [6.45, 7) is 4.17. The molecule has 0 spiro atoms. The Balaban J connectivity index is 1.14. The fourth-order valence-corrected chi connectivity index (χ4v) is 5.25. The fourth-order valence-electron chi connectivity index (χ4n) is 4.41. The van der Waals surface area contributed by atoms with E-state index in [1.165, 1.54) is 31.4 Å². The molecule has 1 aliphatic heterocycles. The molecule has 2 N–H and O–H groups in total. The quantitative estimate of drug-likeness (QED) is 0.176. The van der Waals surface area contributed by atoms with E-state index in [1.54, 1.807) is 11.8 Å². The van der Waals surface area contributed by atoms with Crippen LogP contribution in [0.2, 0.25) is 0 Å². The molecular formula is C29H31N5OS. The van der Waals surface area contributed by atoms with Gasteiger partial charge in [-0.2, -0.15) is 5.10 Å². The number of aromatic amines is 1. The van der Waals surface area contributed by atoms with E-state index < -0.39 is 0 Å². The topological polar surface area (TPSA) is 73.4 Å². The molecule has 3 aromatic carbocycles. The number of benzene rings is 3. The zero-order valence-corrected chi connectivity index (χ0v) is 21.4. The van der Waals surface area contributed by atoms with Gasteiger partial charge in [0.2, 0.25) is 0 Å². The van der Waals surface area contributed by atoms with Crippen LogP contribution in [0.3, 0.4) is 0 Å². The number of fused-ring (bicyclic) bond motifs is 1. The van der Waals surface area contributed by atoms with Crippen molar-refractivity contribution >= 4 is 40.1 Å². The highest BCUT2D eigenvalue weighted by Crippen LogP contribution is 2.23. The third-order valence-corrected chi connectivity index (χ3v) is 7.49. The number of para-hydroxylation sites is 2. The molecule has 1 aromatic heterocycles. The van der Waals surface area contributed by atoms with Gasteiger partial charge >= 0.3 is 0 Å². The van der Waals surface area contributed by atoms with Gasteiger partial charge in [0.15, 0.2) is 5.16 Å². The molecular weight excluding hydrogens is 466 g/mol. The molecule has 1 amide bonds. The number of hydrogen-bond acceptors (Lipinski definition) is 5. The molecule has 2 heterocycles. The zero-order chi connectivity index (χ0) is 24.7. The van der Waals surface area contributed by atoms with E-state index >= 15 is 0 Å². The van der Waals surface area contributed by atoms with Crippen molar-refractivity contribution in [3.63, 3.8) is 0 Å². The van der Waals surface area contributed by atoms with Crippen LogP contribution in [0.4, 0.5) is 5.69 Å². The van der Waals surface area contributed by atoms with Crippen LogP contribution in [0.15, 0.2) is 83.1 Å². The molecule has 0 radical (unpaired) electrons. The van der Waals surface area contributed by atoms with Crippen molar-refractivity contribution in [1.82, 2.24) is 15.4 Å². The number of thioether (sulfide) groups is 1. The van der Waals surface area contributed by atoms with Gasteiger partial charge in [-0.05, 0) is 67.3 Å². The second-order valence-corrected chi connectivity index (χ2v) is 10.1. The van der Waals surface area contributed by atoms with E-state index in [1.807, 2.05) is 55.5 Å². The third kappa shape index (κ3) is 5.97. The van der Waals surface area contributed by atoms with Gasteiger partial charge in [-0.3, -0.25) is 4.79 Å². The minimum Gasteiger partial charge on any atom is -0.372 e. The molecule has 184 valence electrons. The highest BCUT2D eigenvalue weighted by molar-refractivity contribution is 7.98. The lowest BCUT2D eigenvalue weighted by atomic mass is 10.1. The number of nitrogens with one attached hydrogen (secondary N) is 2. The zero-order valence-electron chi connectivity index (χ0n) is 20.5. The fraction of sp³-hybridized carbons (Fsp3) is 0.276. The average Bonchev–Trinajstić information content (AvgIpc) is 3.14. The van der Waals surface area contributed by atoms with Crippen LogP contribution in [0.25, 0.3) is 11.0 Å². The Bertz CT molecular complexity index is 1300. The Morgan fingerprint density at radius 2 is 1.64 bits per heavy atom. The first kappa shape index (κ1) is 24.1. The number of carbonyl (C=O) groups is 1. The van der Waals surface area contributed by atoms with Crippen LogP contribution in [0.5, 0.6) is 0 Å². The Morgan fingerprint density at radius 1 is 0.944 bits per heavy atom. The monoisotopic (exact) mass is 497 g/mol. The summed E-state index contributed by atoms with van der Waals surface area (Å²) in [7, 11) is 0. The van der Waals surface area contributed by atoms with Gasteiger partial charge in [-0.15, -0.1) is 0 Å². The summed E-state index contributed by atoms with van der Waals surface area (Å²) in [6, 6.07) is 24.1. The lowest BCUT2D eigenvalue weighted by Gasteiger charge is -2.22. The maximum Gasteiger partial charge on any atom is 0.271 e. The van der Waals surface area contributed by atoms with Crippen molar-refractivity contribution in [3.8, 4) is 0 Å². The van der Waals surface area contributed by atoms with Crippen molar-refractivity contribution in [2.45, 2.75) is 43.5 Å². The molecule has 1 fully saturated rings. The normalized spacial score (nSPS) is 14.6. The number of hydrazone groups is 1. The Kier molecular flexibility index (Phi) is 7.67. The average molecular weight is 498 g/mol. The van der Waals surface area contributed by atoms with E-state index in [4.69, 9.17) is 0 Å². The first-order valence-corrected chi connectivity index (χ1v) is 13.5. The summed E-state index contributed by atoms with van der Waals surface area (Å²) < 4.78 is 0. The lowest BCUT2D eigenvalue weighted by Crippen LogP contribution is -2.23. The van der Waals surface area contributed by atoms with Crippen LogP contribution in [-0.2, 0) is 5.75 Å². The SMILES string of the molecule is CC(=NNC(=O)c1ccc(CSc2nc3ccccc3[nH]2)cc1)c1ccc(N2CCCCCC2)cc1. The molecule has 6 nitrogen and oxygen atoms in total. The van der Waals surface area contributed by atoms with Gasteiger partial charge < -0.3 is 9.88 Å². The molecule has 0 atom stereocenters. The Labute approximate surface area is 216 Å². The second-order valence-electron chi connectivity index (χ2n) is 9.13. The molecule has 1 saturated heterocycles. The van der Waals surface area contributed by atoms with Gasteiger partial charge in [0.1, 0.15) is 0 Å². The van der Waals surface area contributed by atoms with Crippen molar-refractivity contribution < 1.29 is 4.79 Å². The van der Waals surface area contributed by atoms with Crippen molar-refractivity contribution in [2.24, 2.45) is 5.10 Å². The third-order valence-electron chi connectivity index (χ3n) is 6.54.